The Morgan fingerprint density at radius 3 is 1.48 bits per heavy atom. The summed E-state index contributed by atoms with van der Waals surface area (Å²) in [5, 5.41) is 34.3. The van der Waals surface area contributed by atoms with Crippen LogP contribution in [-0.4, -0.2) is 69.8 Å². The number of aromatic carboxylic acids is 1. The van der Waals surface area contributed by atoms with E-state index in [-0.39, 0.29) is 29.9 Å². The van der Waals surface area contributed by atoms with Gasteiger partial charge in [0.1, 0.15) is 13.1 Å². The number of fused-ring (bicyclic) bond motifs is 2. The number of aromatic nitrogens is 8. The Bertz CT molecular complexity index is 2840. The van der Waals surface area contributed by atoms with Gasteiger partial charge in [0.25, 0.3) is 29.9 Å². The summed E-state index contributed by atoms with van der Waals surface area (Å²) in [5.74, 6) is -1.72. The molecule has 308 valence electrons. The topological polar surface area (TPSA) is 220 Å². The fourth-order valence-corrected chi connectivity index (χ4v) is 5.66. The number of H-pyrrole nitrogens is 2. The molecule has 0 aliphatic carbocycles. The van der Waals surface area contributed by atoms with E-state index in [0.717, 1.165) is 37.0 Å². The number of amides is 1. The maximum atomic E-state index is 12.4. The van der Waals surface area contributed by atoms with Crippen molar-refractivity contribution in [1.82, 2.24) is 40.0 Å². The number of nitrogens with one attached hydrogen (secondary N) is 3. The maximum Gasteiger partial charge on any atom is 0.356 e. The summed E-state index contributed by atoms with van der Waals surface area (Å²) in [7, 11) is 0. The largest absolute Gasteiger partial charge is 0.476 e. The van der Waals surface area contributed by atoms with Crippen molar-refractivity contribution in [2.24, 2.45) is 0 Å². The van der Waals surface area contributed by atoms with Gasteiger partial charge in [0.15, 0.2) is 11.4 Å². The number of nitrogens with two attached hydrogens (primary N) is 1. The fourth-order valence-electron chi connectivity index (χ4n) is 5.66. The van der Waals surface area contributed by atoms with Crippen molar-refractivity contribution in [2.45, 2.75) is 33.4 Å². The van der Waals surface area contributed by atoms with Crippen LogP contribution < -0.4 is 22.2 Å². The summed E-state index contributed by atoms with van der Waals surface area (Å²) in [6, 6.07) is 31.4. The van der Waals surface area contributed by atoms with Gasteiger partial charge in [-0.05, 0) is 48.5 Å². The summed E-state index contributed by atoms with van der Waals surface area (Å²) >= 11 is 0. The predicted molar refractivity (Wildman–Crippen MR) is 218 cm³/mol. The van der Waals surface area contributed by atoms with Gasteiger partial charge < -0.3 is 16.2 Å². The van der Waals surface area contributed by atoms with Gasteiger partial charge in [0.2, 0.25) is 0 Å². The highest BCUT2D eigenvalue weighted by molar-refractivity contribution is 6.03. The molecule has 4 aromatic carbocycles. The zero-order valence-electron chi connectivity index (χ0n) is 30.5. The monoisotopic (exact) mass is 824 g/mol. The van der Waals surface area contributed by atoms with Crippen LogP contribution in [0.25, 0.3) is 44.1 Å². The van der Waals surface area contributed by atoms with E-state index in [2.05, 4.69) is 35.9 Å². The lowest BCUT2D eigenvalue weighted by molar-refractivity contribution is 0.0686. The van der Waals surface area contributed by atoms with Crippen molar-refractivity contribution in [1.29, 1.82) is 0 Å². The quantitative estimate of drug-likeness (QED) is 0.0744. The average Bonchev–Trinajstić information content (AvgIpc) is 3.90. The van der Waals surface area contributed by atoms with Crippen LogP contribution in [0.4, 0.5) is 28.9 Å². The summed E-state index contributed by atoms with van der Waals surface area (Å²) in [6.07, 6.45) is -2.53. The smallest absolute Gasteiger partial charge is 0.356 e. The van der Waals surface area contributed by atoms with Crippen molar-refractivity contribution in [3.8, 4) is 22.5 Å². The minimum absolute atomic E-state index is 0. The molecular formula is C41H36F4N10O5. The number of benzene rings is 4. The van der Waals surface area contributed by atoms with Crippen LogP contribution in [-0.2, 0) is 13.1 Å². The van der Waals surface area contributed by atoms with Crippen molar-refractivity contribution in [3.63, 3.8) is 0 Å². The van der Waals surface area contributed by atoms with Crippen molar-refractivity contribution in [3.05, 3.63) is 154 Å². The van der Waals surface area contributed by atoms with Crippen LogP contribution in [0.3, 0.4) is 0 Å². The molecule has 4 aromatic heterocycles. The lowest BCUT2D eigenvalue weighted by Crippen LogP contribution is -2.14. The molecule has 0 bridgehead atoms. The van der Waals surface area contributed by atoms with Crippen LogP contribution in [0.1, 0.15) is 28.4 Å². The highest BCUT2D eigenvalue weighted by atomic mass is 19.3. The minimum atomic E-state index is -2.55. The number of hydrogen-bond acceptors (Lipinski definition) is 9. The van der Waals surface area contributed by atoms with Gasteiger partial charge in [-0.25, -0.2) is 32.6 Å². The first kappa shape index (κ1) is 43.2. The summed E-state index contributed by atoms with van der Waals surface area (Å²) in [5.41, 5.74) is 9.31. The highest BCUT2D eigenvalue weighted by Crippen LogP contribution is 2.26. The zero-order valence-corrected chi connectivity index (χ0v) is 30.5. The number of carbonyl (C=O) groups is 2. The van der Waals surface area contributed by atoms with Gasteiger partial charge in [-0.15, -0.1) is 0 Å². The third-order valence-corrected chi connectivity index (χ3v) is 8.38. The van der Waals surface area contributed by atoms with Crippen LogP contribution in [0.5, 0.6) is 0 Å². The van der Waals surface area contributed by atoms with Gasteiger partial charge in [0, 0.05) is 45.7 Å². The number of rotatable bonds is 9. The van der Waals surface area contributed by atoms with Crippen LogP contribution in [0.2, 0.25) is 0 Å². The van der Waals surface area contributed by atoms with E-state index in [1.165, 1.54) is 24.5 Å². The Morgan fingerprint density at radius 2 is 1.05 bits per heavy atom. The van der Waals surface area contributed by atoms with Crippen molar-refractivity contribution in [2.75, 3.05) is 11.1 Å². The van der Waals surface area contributed by atoms with E-state index in [0.29, 0.717) is 27.8 Å². The van der Waals surface area contributed by atoms with E-state index in [9.17, 15) is 36.7 Å². The summed E-state index contributed by atoms with van der Waals surface area (Å²) < 4.78 is 50.1. The summed E-state index contributed by atoms with van der Waals surface area (Å²) in [4.78, 5) is 46.1. The number of carbonyl (C=O) groups excluding carboxylic acids is 1. The number of aromatic amines is 2. The molecule has 1 amide bonds. The molecule has 0 fully saturated rings. The fraction of sp³-hybridized carbons (Fsp3) is 0.122. The van der Waals surface area contributed by atoms with Gasteiger partial charge >= 0.3 is 5.97 Å². The van der Waals surface area contributed by atoms with Gasteiger partial charge in [-0.3, -0.25) is 23.7 Å². The highest BCUT2D eigenvalue weighted by Gasteiger charge is 2.14. The minimum Gasteiger partial charge on any atom is -0.476 e. The normalized spacial score (nSPS) is 10.7. The Hall–Kier alpha value is -7.96. The molecule has 0 spiro atoms. The molecule has 0 saturated carbocycles. The second-order valence-corrected chi connectivity index (χ2v) is 12.5. The first-order chi connectivity index (χ1) is 28.4. The number of halogens is 4. The molecule has 0 radical (unpaired) electrons. The van der Waals surface area contributed by atoms with Gasteiger partial charge in [-0.2, -0.15) is 20.4 Å². The molecule has 60 heavy (non-hydrogen) atoms. The number of hydrogen-bond donors (Lipinski definition) is 5. The lowest BCUT2D eigenvalue weighted by atomic mass is 10.0. The van der Waals surface area contributed by atoms with Crippen LogP contribution in [0, 0.1) is 0 Å². The summed E-state index contributed by atoms with van der Waals surface area (Å²) in [6.45, 7) is -1.14. The van der Waals surface area contributed by atoms with Crippen LogP contribution in [0.15, 0.2) is 131 Å². The van der Waals surface area contributed by atoms with E-state index < -0.39 is 37.8 Å². The van der Waals surface area contributed by atoms with E-state index >= 15 is 0 Å². The maximum absolute atomic E-state index is 12.4. The molecule has 8 rings (SSSR count). The molecule has 15 nitrogen and oxygen atoms in total. The van der Waals surface area contributed by atoms with E-state index in [1.54, 1.807) is 42.5 Å². The first-order valence-electron chi connectivity index (χ1n) is 17.5. The van der Waals surface area contributed by atoms with Gasteiger partial charge in [-0.1, -0.05) is 68.1 Å². The Kier molecular flexibility index (Phi) is 14.0. The molecular weight excluding hydrogens is 789 g/mol. The zero-order chi connectivity index (χ0) is 42.1. The Labute approximate surface area is 337 Å². The molecule has 0 saturated heterocycles. The molecule has 4 heterocycles. The molecule has 0 aliphatic rings. The number of carboxylic acids is 1. The molecule has 0 aliphatic heterocycles. The number of nitrogen functional groups attached to an aromatic ring is 1. The second kappa shape index (κ2) is 19.5. The molecule has 0 atom stereocenters. The van der Waals surface area contributed by atoms with Crippen LogP contribution >= 0.6 is 0 Å². The van der Waals surface area contributed by atoms with E-state index in [4.69, 9.17) is 10.8 Å². The van der Waals surface area contributed by atoms with Crippen molar-refractivity contribution >= 4 is 44.8 Å². The Balaban J connectivity index is 0.000000188. The lowest BCUT2D eigenvalue weighted by Gasteiger charge is -2.07. The SMILES string of the molecule is C.Nc1ccc(-c2n[nH]c(=O)c3ccccc23)cc1.O=C(Nc1ccc(-c2n[nH]c(=O)c3ccccc23)cc1)c1ccn(CC(F)F)n1.O=C(O)c1ccn(CC(F)F)n1. The molecule has 19 heteroatoms. The number of alkyl halides is 4. The molecule has 6 N–H and O–H groups in total. The molecule has 0 unspecified atom stereocenters. The van der Waals surface area contributed by atoms with Crippen molar-refractivity contribution < 1.29 is 32.3 Å². The third kappa shape index (κ3) is 10.7. The third-order valence-electron chi connectivity index (χ3n) is 8.38. The molecule has 8 aromatic rings. The second-order valence-electron chi connectivity index (χ2n) is 12.5. The number of carboxylic acid groups (broad SMARTS) is 1. The predicted octanol–water partition coefficient (Wildman–Crippen LogP) is 6.96. The number of anilines is 2. The average molecular weight is 825 g/mol. The Morgan fingerprint density at radius 1 is 0.633 bits per heavy atom. The van der Waals surface area contributed by atoms with Gasteiger partial charge in [0.05, 0.1) is 22.2 Å². The first-order valence-corrected chi connectivity index (χ1v) is 17.5. The standard InChI is InChI=1S/C20H15F2N5O2.C14H11N3O.C6H6F2N2O2.CH4/c21-17(22)11-27-10-9-16(26-27)20(29)23-13-7-5-12(6-8-13)18-14-3-1-2-4-15(14)19(28)25-24-18;15-10-7-5-9(6-8-10)13-11-3-1-2-4-12(11)14(18)17-16-13;7-5(8)3-10-2-1-4(9-10)6(11)12;/h1-10,17H,11H2,(H,23,29)(H,25,28);1-8H,15H2,(H,17,18);1-2,5H,3H2,(H,11,12);1H4. The number of nitrogens with zero attached hydrogens (tertiary/aromatic N) is 6. The van der Waals surface area contributed by atoms with E-state index in [1.807, 2.05) is 54.6 Å².